The second-order valence-corrected chi connectivity index (χ2v) is 10.5. The van der Waals surface area contributed by atoms with Crippen LogP contribution in [0.25, 0.3) is 0 Å². The average Bonchev–Trinajstić information content (AvgIpc) is 2.11. The Kier molecular flexibility index (Phi) is 10.2. The third-order valence-corrected chi connectivity index (χ3v) is 8.55. The van der Waals surface area contributed by atoms with Gasteiger partial charge in [0.2, 0.25) is 0 Å². The van der Waals surface area contributed by atoms with E-state index in [0.717, 1.165) is 5.67 Å². The predicted octanol–water partition coefficient (Wildman–Crippen LogP) is 2.67. The first-order chi connectivity index (χ1) is 8.70. The van der Waals surface area contributed by atoms with Gasteiger partial charge in [0.15, 0.2) is 0 Å². The summed E-state index contributed by atoms with van der Waals surface area (Å²) in [5.41, 5.74) is 0.854. The lowest BCUT2D eigenvalue weighted by Gasteiger charge is -2.27. The molecule has 0 saturated carbocycles. The second kappa shape index (κ2) is 10.1. The van der Waals surface area contributed by atoms with Gasteiger partial charge in [-0.2, -0.15) is 0 Å². The fraction of sp³-hybridized carbons (Fsp3) is 1.00. The summed E-state index contributed by atoms with van der Waals surface area (Å²) in [7, 11) is -3.43. The van der Waals surface area contributed by atoms with Crippen molar-refractivity contribution in [3.05, 3.63) is 0 Å². The molecule has 19 heavy (non-hydrogen) atoms. The topological polar surface area (TPSA) is 36.9 Å². The highest BCUT2D eigenvalue weighted by atomic mass is 28.4. The smallest absolute Gasteiger partial charge is 0.323 e. The molecule has 0 fully saturated rings. The Balaban J connectivity index is 4.51. The van der Waals surface area contributed by atoms with Crippen molar-refractivity contribution in [2.24, 2.45) is 0 Å². The maximum atomic E-state index is 5.95. The molecule has 0 heterocycles. The van der Waals surface area contributed by atoms with Crippen LogP contribution in [-0.2, 0) is 17.7 Å². The lowest BCUT2D eigenvalue weighted by molar-refractivity contribution is 0.115. The number of rotatable bonds is 10. The van der Waals surface area contributed by atoms with Gasteiger partial charge in [-0.3, -0.25) is 0 Å². The molecule has 0 amide bonds. The molecule has 0 bridgehead atoms. The zero-order valence-corrected chi connectivity index (χ0v) is 16.1. The van der Waals surface area contributed by atoms with E-state index in [1.165, 1.54) is 0 Å². The lowest BCUT2D eigenvalue weighted by atomic mass is 10.5. The number of hydrogen-bond acceptors (Lipinski definition) is 4. The van der Waals surface area contributed by atoms with Crippen LogP contribution >= 0.6 is 0 Å². The average molecular weight is 309 g/mol. The van der Waals surface area contributed by atoms with Gasteiger partial charge in [-0.05, 0) is 55.4 Å². The van der Waals surface area contributed by atoms with Gasteiger partial charge in [0.25, 0.3) is 0 Å². The standard InChI is InChI=1S/C13H32O4Si2/c1-10(2)14-18(15-11(3)4)9-19(16-12(5)6)17-13(7)8/h10-13,18-19H,9H2,1-8H3. The van der Waals surface area contributed by atoms with Crippen LogP contribution in [0, 0.1) is 0 Å². The van der Waals surface area contributed by atoms with E-state index in [1.54, 1.807) is 0 Å². The highest BCUT2D eigenvalue weighted by molar-refractivity contribution is 6.64. The minimum atomic E-state index is -1.71. The molecule has 0 aromatic carbocycles. The van der Waals surface area contributed by atoms with Crippen molar-refractivity contribution in [1.82, 2.24) is 0 Å². The van der Waals surface area contributed by atoms with Crippen LogP contribution < -0.4 is 0 Å². The van der Waals surface area contributed by atoms with Gasteiger partial charge in [0.1, 0.15) is 0 Å². The van der Waals surface area contributed by atoms with Crippen molar-refractivity contribution < 1.29 is 17.7 Å². The van der Waals surface area contributed by atoms with E-state index >= 15 is 0 Å². The van der Waals surface area contributed by atoms with Crippen molar-refractivity contribution >= 4 is 18.6 Å². The zero-order valence-electron chi connectivity index (χ0n) is 13.8. The Morgan fingerprint density at radius 2 is 0.737 bits per heavy atom. The van der Waals surface area contributed by atoms with Crippen LogP contribution in [0.3, 0.4) is 0 Å². The van der Waals surface area contributed by atoms with Crippen molar-refractivity contribution in [2.75, 3.05) is 0 Å². The van der Waals surface area contributed by atoms with E-state index in [1.807, 2.05) is 55.4 Å². The third kappa shape index (κ3) is 11.8. The molecule has 0 atom stereocenters. The quantitative estimate of drug-likeness (QED) is 0.581. The summed E-state index contributed by atoms with van der Waals surface area (Å²) in [6.07, 6.45) is 0.790. The molecule has 0 aliphatic heterocycles. The minimum absolute atomic E-state index is 0.197. The van der Waals surface area contributed by atoms with Gasteiger partial charge >= 0.3 is 18.6 Å². The fourth-order valence-electron chi connectivity index (χ4n) is 1.66. The molecular formula is C13H32O4Si2. The van der Waals surface area contributed by atoms with Crippen LogP contribution in [0.2, 0.25) is 5.67 Å². The minimum Gasteiger partial charge on any atom is -0.394 e. The SMILES string of the molecule is CC(C)O[SiH](C[SiH](OC(C)C)OC(C)C)OC(C)C. The van der Waals surface area contributed by atoms with E-state index in [-0.39, 0.29) is 24.4 Å². The van der Waals surface area contributed by atoms with Gasteiger partial charge in [-0.15, -0.1) is 0 Å². The summed E-state index contributed by atoms with van der Waals surface area (Å²) in [5.74, 6) is 0. The zero-order chi connectivity index (χ0) is 15.0. The van der Waals surface area contributed by atoms with Crippen molar-refractivity contribution in [2.45, 2.75) is 85.5 Å². The summed E-state index contributed by atoms with van der Waals surface area (Å²) >= 11 is 0. The molecule has 0 radical (unpaired) electrons. The summed E-state index contributed by atoms with van der Waals surface area (Å²) in [4.78, 5) is 0. The molecule has 0 aromatic rings. The number of hydrogen-bond donors (Lipinski definition) is 0. The van der Waals surface area contributed by atoms with E-state index < -0.39 is 18.6 Å². The highest BCUT2D eigenvalue weighted by Gasteiger charge is 2.27. The van der Waals surface area contributed by atoms with Crippen LogP contribution in [0.1, 0.15) is 55.4 Å². The summed E-state index contributed by atoms with van der Waals surface area (Å²) in [6, 6.07) is 0. The molecule has 0 aliphatic rings. The maximum Gasteiger partial charge on any atom is 0.323 e. The van der Waals surface area contributed by atoms with Gasteiger partial charge in [-0.1, -0.05) is 0 Å². The third-order valence-electron chi connectivity index (χ3n) is 2.08. The Bertz CT molecular complexity index is 181. The van der Waals surface area contributed by atoms with E-state index in [0.29, 0.717) is 0 Å². The first-order valence-electron chi connectivity index (χ1n) is 7.32. The molecule has 0 spiro atoms. The summed E-state index contributed by atoms with van der Waals surface area (Å²) in [5, 5.41) is 0. The molecule has 0 aromatic heterocycles. The van der Waals surface area contributed by atoms with E-state index in [4.69, 9.17) is 17.7 Å². The molecule has 0 rings (SSSR count). The van der Waals surface area contributed by atoms with Crippen LogP contribution in [0.5, 0.6) is 0 Å². The van der Waals surface area contributed by atoms with Crippen molar-refractivity contribution in [1.29, 1.82) is 0 Å². The molecule has 0 aliphatic carbocycles. The fourth-order valence-corrected chi connectivity index (χ4v) is 7.25. The molecule has 6 heteroatoms. The molecule has 0 saturated heterocycles. The van der Waals surface area contributed by atoms with E-state index in [9.17, 15) is 0 Å². The molecule has 4 nitrogen and oxygen atoms in total. The van der Waals surface area contributed by atoms with E-state index in [2.05, 4.69) is 0 Å². The largest absolute Gasteiger partial charge is 0.394 e. The molecule has 116 valence electrons. The van der Waals surface area contributed by atoms with Crippen LogP contribution in [0.15, 0.2) is 0 Å². The Hall–Kier alpha value is 0.274. The molecular weight excluding hydrogens is 276 g/mol. The molecule has 0 unspecified atom stereocenters. The predicted molar refractivity (Wildman–Crippen MR) is 84.0 cm³/mol. The van der Waals surface area contributed by atoms with Gasteiger partial charge < -0.3 is 17.7 Å². The maximum absolute atomic E-state index is 5.95. The Morgan fingerprint density at radius 3 is 0.895 bits per heavy atom. The first kappa shape index (κ1) is 19.3. The monoisotopic (exact) mass is 308 g/mol. The van der Waals surface area contributed by atoms with Crippen LogP contribution in [-0.4, -0.2) is 43.0 Å². The highest BCUT2D eigenvalue weighted by Crippen LogP contribution is 2.12. The van der Waals surface area contributed by atoms with Crippen molar-refractivity contribution in [3.8, 4) is 0 Å². The Labute approximate surface area is 122 Å². The lowest BCUT2D eigenvalue weighted by Crippen LogP contribution is -2.39. The normalized spacial score (nSPS) is 12.9. The van der Waals surface area contributed by atoms with Gasteiger partial charge in [-0.25, -0.2) is 0 Å². The Morgan fingerprint density at radius 1 is 0.526 bits per heavy atom. The van der Waals surface area contributed by atoms with Gasteiger partial charge in [0, 0.05) is 30.1 Å². The summed E-state index contributed by atoms with van der Waals surface area (Å²) < 4.78 is 23.8. The first-order valence-corrected chi connectivity index (χ1v) is 10.8. The summed E-state index contributed by atoms with van der Waals surface area (Å²) in [6.45, 7) is 16.4. The van der Waals surface area contributed by atoms with Crippen molar-refractivity contribution in [3.63, 3.8) is 0 Å². The van der Waals surface area contributed by atoms with Gasteiger partial charge in [0.05, 0.1) is 0 Å². The second-order valence-electron chi connectivity index (χ2n) is 5.83. The molecule has 0 N–H and O–H groups in total. The van der Waals surface area contributed by atoms with Crippen LogP contribution in [0.4, 0.5) is 0 Å².